The van der Waals surface area contributed by atoms with E-state index in [-0.39, 0.29) is 39.8 Å². The number of hydrogen-bond donors (Lipinski definition) is 5. The first kappa shape index (κ1) is 25.2. The predicted molar refractivity (Wildman–Crippen MR) is 134 cm³/mol. The van der Waals surface area contributed by atoms with E-state index in [0.717, 1.165) is 0 Å². The third-order valence-corrected chi connectivity index (χ3v) is 6.98. The van der Waals surface area contributed by atoms with Crippen LogP contribution >= 0.6 is 0 Å². The minimum absolute atomic E-state index is 0.0956. The number of fused-ring (bicyclic) bond motifs is 5. The van der Waals surface area contributed by atoms with E-state index in [4.69, 9.17) is 18.6 Å². The number of ether oxygens (including phenoxy) is 3. The van der Waals surface area contributed by atoms with Crippen LogP contribution in [0, 0.1) is 0 Å². The van der Waals surface area contributed by atoms with Gasteiger partial charge in [-0.3, -0.25) is 0 Å². The number of rotatable bonds is 6. The molecule has 5 atom stereocenters. The number of aromatic hydroxyl groups is 1. The largest absolute Gasteiger partial charge is 0.507 e. The fraction of sp³-hybridized carbons (Fsp3) is 0.370. The fourth-order valence-electron chi connectivity index (χ4n) is 5.25. The van der Waals surface area contributed by atoms with E-state index >= 15 is 0 Å². The van der Waals surface area contributed by atoms with Gasteiger partial charge in [0, 0.05) is 22.8 Å². The maximum absolute atomic E-state index is 13.3. The van der Waals surface area contributed by atoms with Gasteiger partial charge >= 0.3 is 5.63 Å². The summed E-state index contributed by atoms with van der Waals surface area (Å²) in [6.45, 7) is 1.33. The zero-order valence-corrected chi connectivity index (χ0v) is 20.5. The van der Waals surface area contributed by atoms with E-state index in [0.29, 0.717) is 34.1 Å². The maximum Gasteiger partial charge on any atom is 0.344 e. The van der Waals surface area contributed by atoms with Crippen LogP contribution in [0.1, 0.15) is 24.2 Å². The topological polar surface area (TPSA) is 159 Å². The van der Waals surface area contributed by atoms with Gasteiger partial charge in [0.25, 0.3) is 0 Å². The van der Waals surface area contributed by atoms with Gasteiger partial charge in [0.05, 0.1) is 31.1 Å². The number of benzene rings is 3. The quantitative estimate of drug-likeness (QED) is 0.191. The molecule has 5 rings (SSSR count). The normalized spacial score (nSPS) is 22.7. The molecule has 1 saturated heterocycles. The number of aliphatic hydroxyl groups excluding tert-OH is 4. The lowest BCUT2D eigenvalue weighted by Gasteiger charge is -2.21. The van der Waals surface area contributed by atoms with E-state index in [1.54, 1.807) is 18.2 Å². The first-order valence-electron chi connectivity index (χ1n) is 11.8. The van der Waals surface area contributed by atoms with Crippen molar-refractivity contribution in [1.29, 1.82) is 0 Å². The zero-order chi connectivity index (χ0) is 26.6. The van der Waals surface area contributed by atoms with Gasteiger partial charge in [-0.15, -0.1) is 0 Å². The molecule has 3 aromatic carbocycles. The maximum atomic E-state index is 13.3. The van der Waals surface area contributed by atoms with Crippen molar-refractivity contribution in [3.8, 4) is 17.2 Å². The van der Waals surface area contributed by atoms with E-state index in [1.807, 2.05) is 0 Å². The summed E-state index contributed by atoms with van der Waals surface area (Å²) in [7, 11) is 2.90. The molecule has 0 unspecified atom stereocenters. The molecule has 0 amide bonds. The Balaban J connectivity index is 1.92. The van der Waals surface area contributed by atoms with Gasteiger partial charge in [0.2, 0.25) is 0 Å². The van der Waals surface area contributed by atoms with Crippen molar-refractivity contribution < 1.29 is 44.2 Å². The Labute approximate surface area is 210 Å². The summed E-state index contributed by atoms with van der Waals surface area (Å²) >= 11 is 0. The van der Waals surface area contributed by atoms with Gasteiger partial charge in [-0.05, 0) is 48.7 Å². The van der Waals surface area contributed by atoms with Crippen LogP contribution in [0.2, 0.25) is 0 Å². The number of methoxy groups -OCH3 is 2. The number of hydrogen-bond acceptors (Lipinski definition) is 10. The summed E-state index contributed by atoms with van der Waals surface area (Å²) in [4.78, 5) is 13.3. The molecule has 0 bridgehead atoms. The molecule has 4 aromatic rings. The van der Waals surface area contributed by atoms with E-state index in [2.05, 4.69) is 0 Å². The van der Waals surface area contributed by atoms with Crippen molar-refractivity contribution in [2.75, 3.05) is 20.8 Å². The highest BCUT2D eigenvalue weighted by molar-refractivity contribution is 6.19. The Morgan fingerprint density at radius 1 is 0.973 bits per heavy atom. The highest BCUT2D eigenvalue weighted by Gasteiger charge is 2.46. The standard InChI is InChI=1S/C27H28O10/c1-11(29)24-22(31)23(32)26(36-24)13-4-5-16(30)21-18(35-3)10-14-19-15(27(33)37-25(14)20(13)21)8-12(6-7-28)9-17(19)34-2/h4-5,8-11,22-24,26,28-32H,6-7H2,1-3H3/t11-,22-,23-,24+,26-/m1/s1. The summed E-state index contributed by atoms with van der Waals surface area (Å²) in [5, 5.41) is 53.2. The lowest BCUT2D eigenvalue weighted by Crippen LogP contribution is -2.36. The van der Waals surface area contributed by atoms with Crippen molar-refractivity contribution in [3.05, 3.63) is 51.9 Å². The lowest BCUT2D eigenvalue weighted by atomic mass is 9.92. The van der Waals surface area contributed by atoms with Crippen molar-refractivity contribution in [2.24, 2.45) is 0 Å². The van der Waals surface area contributed by atoms with Gasteiger partial charge in [0.1, 0.15) is 47.2 Å². The summed E-state index contributed by atoms with van der Waals surface area (Å²) in [6, 6.07) is 7.89. The second-order valence-electron chi connectivity index (χ2n) is 9.21. The first-order valence-corrected chi connectivity index (χ1v) is 11.8. The number of phenols is 1. The van der Waals surface area contributed by atoms with Crippen molar-refractivity contribution in [1.82, 2.24) is 0 Å². The van der Waals surface area contributed by atoms with Crippen molar-refractivity contribution >= 4 is 32.5 Å². The Kier molecular flexibility index (Phi) is 6.47. The molecule has 2 heterocycles. The molecule has 196 valence electrons. The van der Waals surface area contributed by atoms with Crippen LogP contribution < -0.4 is 15.1 Å². The highest BCUT2D eigenvalue weighted by Crippen LogP contribution is 2.47. The molecule has 1 aliphatic heterocycles. The summed E-state index contributed by atoms with van der Waals surface area (Å²) in [5.74, 6) is 0.480. The number of phenolic OH excluding ortho intramolecular Hbond substituents is 1. The first-order chi connectivity index (χ1) is 17.7. The van der Waals surface area contributed by atoms with E-state index < -0.39 is 36.1 Å². The van der Waals surface area contributed by atoms with E-state index in [1.165, 1.54) is 33.3 Å². The molecular weight excluding hydrogens is 484 g/mol. The van der Waals surface area contributed by atoms with Gasteiger partial charge in [0.15, 0.2) is 0 Å². The lowest BCUT2D eigenvalue weighted by molar-refractivity contribution is -0.0586. The van der Waals surface area contributed by atoms with Crippen LogP contribution in [0.4, 0.5) is 0 Å². The molecule has 5 N–H and O–H groups in total. The molecule has 0 aliphatic carbocycles. The predicted octanol–water partition coefficient (Wildman–Crippen LogP) is 1.90. The molecule has 1 aliphatic rings. The Morgan fingerprint density at radius 3 is 2.30 bits per heavy atom. The van der Waals surface area contributed by atoms with Crippen molar-refractivity contribution in [3.63, 3.8) is 0 Å². The smallest absolute Gasteiger partial charge is 0.344 e. The minimum Gasteiger partial charge on any atom is -0.507 e. The summed E-state index contributed by atoms with van der Waals surface area (Å²) < 4.78 is 22.9. The Hall–Kier alpha value is -3.41. The Bertz CT molecular complexity index is 1560. The molecular formula is C27H28O10. The van der Waals surface area contributed by atoms with Crippen LogP contribution in [-0.4, -0.2) is 70.8 Å². The zero-order valence-electron chi connectivity index (χ0n) is 20.5. The third-order valence-electron chi connectivity index (χ3n) is 6.98. The average molecular weight is 513 g/mol. The van der Waals surface area contributed by atoms with Crippen LogP contribution in [0.3, 0.4) is 0 Å². The number of aliphatic hydroxyl groups is 4. The van der Waals surface area contributed by atoms with Crippen LogP contribution in [-0.2, 0) is 11.2 Å². The molecule has 1 aromatic heterocycles. The SMILES string of the molecule is COc1cc2c(oc(=O)c3cc(CCO)cc(OC)c32)c2c([C@H]3O[C@@H]([C@@H](C)O)[C@H](O)[C@H]3O)ccc(O)c12. The molecule has 0 spiro atoms. The van der Waals surface area contributed by atoms with Crippen LogP contribution in [0.5, 0.6) is 17.2 Å². The molecule has 10 nitrogen and oxygen atoms in total. The fourth-order valence-corrected chi connectivity index (χ4v) is 5.25. The second-order valence-corrected chi connectivity index (χ2v) is 9.21. The van der Waals surface area contributed by atoms with Gasteiger partial charge in [-0.25, -0.2) is 4.79 Å². The monoisotopic (exact) mass is 512 g/mol. The highest BCUT2D eigenvalue weighted by atomic mass is 16.6. The Morgan fingerprint density at radius 2 is 1.68 bits per heavy atom. The van der Waals surface area contributed by atoms with Crippen LogP contribution in [0.25, 0.3) is 32.5 Å². The van der Waals surface area contributed by atoms with Crippen molar-refractivity contribution in [2.45, 2.75) is 43.9 Å². The minimum atomic E-state index is -1.41. The molecule has 1 fully saturated rings. The average Bonchev–Trinajstić information content (AvgIpc) is 3.18. The third kappa shape index (κ3) is 3.89. The van der Waals surface area contributed by atoms with E-state index in [9.17, 15) is 30.3 Å². The molecule has 0 saturated carbocycles. The van der Waals surface area contributed by atoms with Gasteiger partial charge in [-0.2, -0.15) is 0 Å². The van der Waals surface area contributed by atoms with Gasteiger partial charge < -0.3 is 44.2 Å². The molecule has 37 heavy (non-hydrogen) atoms. The summed E-state index contributed by atoms with van der Waals surface area (Å²) in [6.07, 6.45) is -5.70. The second kappa shape index (κ2) is 9.47. The van der Waals surface area contributed by atoms with Gasteiger partial charge in [-0.1, -0.05) is 6.07 Å². The summed E-state index contributed by atoms with van der Waals surface area (Å²) in [5.41, 5.74) is 0.435. The molecule has 0 radical (unpaired) electrons. The molecule has 10 heteroatoms. The van der Waals surface area contributed by atoms with Crippen LogP contribution in [0.15, 0.2) is 39.5 Å².